The summed E-state index contributed by atoms with van der Waals surface area (Å²) in [5, 5.41) is 2.08. The summed E-state index contributed by atoms with van der Waals surface area (Å²) in [6.07, 6.45) is 0. The number of nitrogens with one attached hydrogen (secondary N) is 2. The Labute approximate surface area is 101 Å². The number of hydrogen-bond donors (Lipinski definition) is 2. The quantitative estimate of drug-likeness (QED) is 0.622. The number of piperazine rings is 1. The average molecular weight is 263 g/mol. The zero-order chi connectivity index (χ0) is 13.4. The van der Waals surface area contributed by atoms with E-state index in [9.17, 15) is 18.0 Å². The first-order valence-corrected chi connectivity index (χ1v) is 6.61. The second kappa shape index (κ2) is 4.35. The van der Waals surface area contributed by atoms with E-state index < -0.39 is 33.6 Å². The van der Waals surface area contributed by atoms with E-state index in [4.69, 9.17) is 0 Å². The third-order valence-electron chi connectivity index (χ3n) is 2.12. The number of carbonyl (C=O) groups is 2. The van der Waals surface area contributed by atoms with Crippen molar-refractivity contribution in [2.24, 2.45) is 0 Å². The van der Waals surface area contributed by atoms with E-state index in [-0.39, 0.29) is 6.54 Å². The van der Waals surface area contributed by atoms with Crippen molar-refractivity contribution in [2.45, 2.75) is 39.3 Å². The van der Waals surface area contributed by atoms with Crippen LogP contribution in [0.1, 0.15) is 27.7 Å². The number of amides is 2. The lowest BCUT2D eigenvalue weighted by atomic mass is 10.1. The van der Waals surface area contributed by atoms with E-state index in [1.165, 1.54) is 6.92 Å². The molecule has 2 amide bonds. The third kappa shape index (κ3) is 3.48. The molecule has 1 unspecified atom stereocenters. The summed E-state index contributed by atoms with van der Waals surface area (Å²) in [7, 11) is -3.85. The van der Waals surface area contributed by atoms with Crippen LogP contribution in [0.2, 0.25) is 0 Å². The molecule has 98 valence electrons. The first-order valence-electron chi connectivity index (χ1n) is 5.17. The van der Waals surface area contributed by atoms with Crippen LogP contribution >= 0.6 is 0 Å². The lowest BCUT2D eigenvalue weighted by molar-refractivity contribution is -0.136. The van der Waals surface area contributed by atoms with Gasteiger partial charge in [-0.1, -0.05) is 0 Å². The summed E-state index contributed by atoms with van der Waals surface area (Å²) >= 11 is 0. The van der Waals surface area contributed by atoms with Crippen LogP contribution in [0.25, 0.3) is 0 Å². The Morgan fingerprint density at radius 2 is 1.88 bits per heavy atom. The lowest BCUT2D eigenvalue weighted by Crippen LogP contribution is -2.62. The highest BCUT2D eigenvalue weighted by Crippen LogP contribution is 2.12. The first kappa shape index (κ1) is 14.1. The van der Waals surface area contributed by atoms with Crippen LogP contribution < -0.4 is 10.0 Å². The maximum Gasteiger partial charge on any atom is 0.281 e. The molecule has 0 radical (unpaired) electrons. The van der Waals surface area contributed by atoms with Gasteiger partial charge >= 0.3 is 0 Å². The molecule has 1 atom stereocenters. The Bertz CT molecular complexity index is 438. The summed E-state index contributed by atoms with van der Waals surface area (Å²) in [5.74, 6) is -1.23. The highest BCUT2D eigenvalue weighted by Gasteiger charge is 2.39. The van der Waals surface area contributed by atoms with Gasteiger partial charge < -0.3 is 0 Å². The van der Waals surface area contributed by atoms with Crippen molar-refractivity contribution in [1.82, 2.24) is 14.3 Å². The molecule has 1 aliphatic heterocycles. The SMILES string of the molecule is CC1C(=O)NC(=O)CN1S(=O)(=O)NC(C)(C)C. The number of imide groups is 1. The zero-order valence-electron chi connectivity index (χ0n) is 10.3. The average Bonchev–Trinajstić information content (AvgIpc) is 2.06. The molecular weight excluding hydrogens is 246 g/mol. The van der Waals surface area contributed by atoms with Gasteiger partial charge in [0.25, 0.3) is 10.2 Å². The fraction of sp³-hybridized carbons (Fsp3) is 0.778. The molecule has 1 heterocycles. The van der Waals surface area contributed by atoms with Gasteiger partial charge in [0.15, 0.2) is 0 Å². The smallest absolute Gasteiger partial charge is 0.281 e. The fourth-order valence-corrected chi connectivity index (χ4v) is 3.12. The Morgan fingerprint density at radius 1 is 1.35 bits per heavy atom. The minimum atomic E-state index is -3.85. The molecule has 1 fully saturated rings. The van der Waals surface area contributed by atoms with Crippen molar-refractivity contribution in [3.8, 4) is 0 Å². The molecule has 0 aromatic heterocycles. The zero-order valence-corrected chi connectivity index (χ0v) is 11.1. The first-order chi connectivity index (χ1) is 7.53. The van der Waals surface area contributed by atoms with E-state index in [0.717, 1.165) is 4.31 Å². The van der Waals surface area contributed by atoms with Crippen molar-refractivity contribution in [1.29, 1.82) is 0 Å². The van der Waals surface area contributed by atoms with Crippen LogP contribution in [0.15, 0.2) is 0 Å². The van der Waals surface area contributed by atoms with E-state index in [0.29, 0.717) is 0 Å². The molecule has 0 aromatic carbocycles. The van der Waals surface area contributed by atoms with Crippen LogP contribution in [0, 0.1) is 0 Å². The molecular formula is C9H17N3O4S. The van der Waals surface area contributed by atoms with Crippen LogP contribution in [0.4, 0.5) is 0 Å². The summed E-state index contributed by atoms with van der Waals surface area (Å²) in [6, 6.07) is -0.896. The van der Waals surface area contributed by atoms with Gasteiger partial charge in [0.1, 0.15) is 6.04 Å². The van der Waals surface area contributed by atoms with E-state index in [1.807, 2.05) is 0 Å². The molecule has 1 saturated heterocycles. The highest BCUT2D eigenvalue weighted by molar-refractivity contribution is 7.87. The van der Waals surface area contributed by atoms with Crippen LogP contribution in [-0.2, 0) is 19.8 Å². The normalized spacial score (nSPS) is 23.6. The Morgan fingerprint density at radius 3 is 2.35 bits per heavy atom. The summed E-state index contributed by atoms with van der Waals surface area (Å²) in [4.78, 5) is 22.5. The van der Waals surface area contributed by atoms with E-state index >= 15 is 0 Å². The van der Waals surface area contributed by atoms with Crippen LogP contribution in [-0.4, -0.2) is 42.7 Å². The van der Waals surface area contributed by atoms with Gasteiger partial charge in [-0.15, -0.1) is 0 Å². The number of nitrogens with zero attached hydrogens (tertiary/aromatic N) is 1. The fourth-order valence-electron chi connectivity index (χ4n) is 1.43. The topological polar surface area (TPSA) is 95.6 Å². The number of carbonyl (C=O) groups excluding carboxylic acids is 2. The molecule has 7 nitrogen and oxygen atoms in total. The minimum Gasteiger partial charge on any atom is -0.294 e. The largest absolute Gasteiger partial charge is 0.294 e. The molecule has 0 spiro atoms. The molecule has 0 saturated carbocycles. The predicted octanol–water partition coefficient (Wildman–Crippen LogP) is -1.03. The minimum absolute atomic E-state index is 0.349. The molecule has 17 heavy (non-hydrogen) atoms. The van der Waals surface area contributed by atoms with Crippen molar-refractivity contribution >= 4 is 22.0 Å². The van der Waals surface area contributed by atoms with Crippen LogP contribution in [0.5, 0.6) is 0 Å². The van der Waals surface area contributed by atoms with Gasteiger partial charge in [-0.2, -0.15) is 17.4 Å². The van der Waals surface area contributed by atoms with Gasteiger partial charge in [0.2, 0.25) is 11.8 Å². The monoisotopic (exact) mass is 263 g/mol. The van der Waals surface area contributed by atoms with Crippen molar-refractivity contribution < 1.29 is 18.0 Å². The molecule has 1 aliphatic rings. The van der Waals surface area contributed by atoms with Gasteiger partial charge in [0, 0.05) is 5.54 Å². The molecule has 0 aliphatic carbocycles. The number of rotatable bonds is 2. The van der Waals surface area contributed by atoms with Gasteiger partial charge in [-0.05, 0) is 27.7 Å². The Kier molecular flexibility index (Phi) is 3.60. The molecule has 2 N–H and O–H groups in total. The molecule has 8 heteroatoms. The van der Waals surface area contributed by atoms with Crippen molar-refractivity contribution in [2.75, 3.05) is 6.54 Å². The maximum absolute atomic E-state index is 12.0. The maximum atomic E-state index is 12.0. The Hall–Kier alpha value is -0.990. The standard InChI is InChI=1S/C9H17N3O4S/c1-6-8(14)10-7(13)5-12(6)17(15,16)11-9(2,3)4/h6,11H,5H2,1-4H3,(H,10,13,14). The van der Waals surface area contributed by atoms with Gasteiger partial charge in [-0.25, -0.2) is 0 Å². The summed E-state index contributed by atoms with van der Waals surface area (Å²) in [6.45, 7) is 6.13. The molecule has 0 bridgehead atoms. The predicted molar refractivity (Wildman–Crippen MR) is 61.1 cm³/mol. The third-order valence-corrected chi connectivity index (χ3v) is 4.05. The van der Waals surface area contributed by atoms with E-state index in [1.54, 1.807) is 20.8 Å². The highest BCUT2D eigenvalue weighted by atomic mass is 32.2. The molecule has 0 aromatic rings. The summed E-state index contributed by atoms with van der Waals surface area (Å²) < 4.78 is 27.2. The number of hydrogen-bond acceptors (Lipinski definition) is 4. The van der Waals surface area contributed by atoms with E-state index in [2.05, 4.69) is 10.0 Å². The van der Waals surface area contributed by atoms with Gasteiger partial charge in [-0.3, -0.25) is 14.9 Å². The second-order valence-corrected chi connectivity index (χ2v) is 6.61. The Balaban J connectivity index is 2.98. The molecule has 1 rings (SSSR count). The van der Waals surface area contributed by atoms with Crippen molar-refractivity contribution in [3.05, 3.63) is 0 Å². The van der Waals surface area contributed by atoms with Gasteiger partial charge in [0.05, 0.1) is 6.54 Å². The van der Waals surface area contributed by atoms with Crippen molar-refractivity contribution in [3.63, 3.8) is 0 Å². The second-order valence-electron chi connectivity index (χ2n) is 4.99. The summed E-state index contributed by atoms with van der Waals surface area (Å²) in [5.41, 5.74) is -0.671. The lowest BCUT2D eigenvalue weighted by Gasteiger charge is -2.33. The van der Waals surface area contributed by atoms with Crippen LogP contribution in [0.3, 0.4) is 0 Å².